The second-order valence-electron chi connectivity index (χ2n) is 3.53. The summed E-state index contributed by atoms with van der Waals surface area (Å²) in [5, 5.41) is 0.531. The third kappa shape index (κ3) is 4.13. The Bertz CT molecular complexity index is 169. The molecule has 0 amide bonds. The van der Waals surface area contributed by atoms with E-state index in [1.54, 1.807) is 0 Å². The molecule has 0 aliphatic rings. The fourth-order valence-electron chi connectivity index (χ4n) is 1.23. The van der Waals surface area contributed by atoms with Gasteiger partial charge in [0.15, 0.2) is 0 Å². The average Bonchev–Trinajstić information content (AvgIpc) is 2.05. The zero-order valence-corrected chi connectivity index (χ0v) is 9.99. The summed E-state index contributed by atoms with van der Waals surface area (Å²) in [5.41, 5.74) is 0.583. The highest BCUT2D eigenvalue weighted by atomic mass is 31.1. The van der Waals surface area contributed by atoms with Gasteiger partial charge in [-0.1, -0.05) is 26.7 Å². The Morgan fingerprint density at radius 2 is 1.83 bits per heavy atom. The van der Waals surface area contributed by atoms with Crippen LogP contribution in [0.3, 0.4) is 0 Å². The summed E-state index contributed by atoms with van der Waals surface area (Å²) in [7, 11) is 0.983. The highest BCUT2D eigenvalue weighted by Crippen LogP contribution is 2.40. The number of rotatable bonds is 4. The predicted octanol–water partition coefficient (Wildman–Crippen LogP) is 3.66. The summed E-state index contributed by atoms with van der Waals surface area (Å²) in [6.07, 6.45) is 2.55. The van der Waals surface area contributed by atoms with Crippen LogP contribution < -0.4 is 0 Å². The van der Waals surface area contributed by atoms with Crippen molar-refractivity contribution < 1.29 is 0 Å². The van der Waals surface area contributed by atoms with Crippen molar-refractivity contribution in [1.29, 1.82) is 0 Å². The van der Waals surface area contributed by atoms with Crippen LogP contribution in [-0.2, 0) is 0 Å². The first-order chi connectivity index (χ1) is 5.58. The summed E-state index contributed by atoms with van der Waals surface area (Å²) in [6, 6.07) is 0. The van der Waals surface area contributed by atoms with Crippen molar-refractivity contribution >= 4 is 8.58 Å². The molecule has 0 aliphatic heterocycles. The Labute approximate surface area is 79.3 Å². The Morgan fingerprint density at radius 1 is 1.33 bits per heavy atom. The lowest BCUT2D eigenvalue weighted by Crippen LogP contribution is -2.18. The molecule has 70 valence electrons. The first kappa shape index (κ1) is 12.0. The molecule has 0 aromatic rings. The summed E-state index contributed by atoms with van der Waals surface area (Å²) in [4.78, 5) is 0. The molecular formula is C11H21P. The minimum absolute atomic E-state index is 0.531. The van der Waals surface area contributed by atoms with E-state index in [0.717, 1.165) is 8.58 Å². The maximum atomic E-state index is 3.23. The summed E-state index contributed by atoms with van der Waals surface area (Å²) < 4.78 is 0. The molecule has 0 radical (unpaired) electrons. The van der Waals surface area contributed by atoms with Crippen LogP contribution in [0.25, 0.3) is 0 Å². The Balaban J connectivity index is 4.08. The van der Waals surface area contributed by atoms with Crippen LogP contribution in [0.4, 0.5) is 0 Å². The van der Waals surface area contributed by atoms with Gasteiger partial charge in [0.2, 0.25) is 0 Å². The molecule has 2 atom stereocenters. The normalized spacial score (nSPS) is 14.4. The van der Waals surface area contributed by atoms with E-state index in [9.17, 15) is 0 Å². The molecule has 1 heteroatoms. The molecule has 0 N–H and O–H groups in total. The quantitative estimate of drug-likeness (QED) is 0.462. The predicted molar refractivity (Wildman–Crippen MR) is 60.2 cm³/mol. The second kappa shape index (κ2) is 5.60. The fraction of sp³-hybridized carbons (Fsp3) is 0.818. The van der Waals surface area contributed by atoms with Crippen LogP contribution in [0, 0.1) is 11.8 Å². The van der Waals surface area contributed by atoms with Crippen LogP contribution in [0.5, 0.6) is 0 Å². The van der Waals surface area contributed by atoms with Crippen molar-refractivity contribution in [2.45, 2.75) is 58.3 Å². The molecule has 12 heavy (non-hydrogen) atoms. The largest absolute Gasteiger partial charge is 0.106 e. The lowest BCUT2D eigenvalue weighted by molar-refractivity contribution is 0.591. The van der Waals surface area contributed by atoms with Crippen LogP contribution in [0.15, 0.2) is 0 Å². The van der Waals surface area contributed by atoms with Crippen molar-refractivity contribution in [3.05, 3.63) is 0 Å². The van der Waals surface area contributed by atoms with Crippen LogP contribution in [0.2, 0.25) is 0 Å². The molecule has 0 aliphatic carbocycles. The van der Waals surface area contributed by atoms with Gasteiger partial charge in [0.05, 0.1) is 0 Å². The fourth-order valence-corrected chi connectivity index (χ4v) is 2.90. The van der Waals surface area contributed by atoms with Crippen molar-refractivity contribution in [3.63, 3.8) is 0 Å². The summed E-state index contributed by atoms with van der Waals surface area (Å²) in [6.45, 7) is 11.1. The molecule has 0 spiro atoms. The van der Waals surface area contributed by atoms with Crippen molar-refractivity contribution in [1.82, 2.24) is 0 Å². The molecule has 0 aromatic carbocycles. The third-order valence-electron chi connectivity index (χ3n) is 2.49. The standard InChI is InChI=1S/C11H21P/c1-6-9-10(4)12-11(5,7-2)8-3/h10,12H,7-8H2,1-5H3. The monoisotopic (exact) mass is 184 g/mol. The first-order valence-corrected chi connectivity index (χ1v) is 5.85. The van der Waals surface area contributed by atoms with Gasteiger partial charge < -0.3 is 0 Å². The Hall–Kier alpha value is -0.0100. The molecule has 0 saturated carbocycles. The van der Waals surface area contributed by atoms with E-state index < -0.39 is 0 Å². The van der Waals surface area contributed by atoms with Crippen LogP contribution in [-0.4, -0.2) is 10.8 Å². The molecule has 0 heterocycles. The van der Waals surface area contributed by atoms with E-state index in [1.165, 1.54) is 12.8 Å². The lowest BCUT2D eigenvalue weighted by atomic mass is 10.1. The zero-order valence-electron chi connectivity index (χ0n) is 8.99. The van der Waals surface area contributed by atoms with E-state index in [-0.39, 0.29) is 0 Å². The van der Waals surface area contributed by atoms with Gasteiger partial charge in [-0.3, -0.25) is 0 Å². The van der Waals surface area contributed by atoms with Gasteiger partial charge in [0.1, 0.15) is 0 Å². The van der Waals surface area contributed by atoms with E-state index >= 15 is 0 Å². The minimum Gasteiger partial charge on any atom is -0.106 e. The van der Waals surface area contributed by atoms with E-state index in [4.69, 9.17) is 0 Å². The third-order valence-corrected chi connectivity index (χ3v) is 4.47. The summed E-state index contributed by atoms with van der Waals surface area (Å²) >= 11 is 0. The van der Waals surface area contributed by atoms with Gasteiger partial charge in [0, 0.05) is 5.66 Å². The summed E-state index contributed by atoms with van der Waals surface area (Å²) in [5.74, 6) is 6.23. The minimum atomic E-state index is 0.531. The molecule has 0 fully saturated rings. The van der Waals surface area contributed by atoms with Crippen LogP contribution >= 0.6 is 8.58 Å². The second-order valence-corrected chi connectivity index (χ2v) is 5.89. The van der Waals surface area contributed by atoms with Crippen molar-refractivity contribution in [3.8, 4) is 11.8 Å². The molecule has 0 saturated heterocycles. The van der Waals surface area contributed by atoms with E-state index in [2.05, 4.69) is 39.5 Å². The molecule has 0 bridgehead atoms. The highest BCUT2D eigenvalue weighted by molar-refractivity contribution is 7.41. The average molecular weight is 184 g/mol. The maximum absolute atomic E-state index is 3.23. The van der Waals surface area contributed by atoms with Gasteiger partial charge in [0.25, 0.3) is 0 Å². The SMILES string of the molecule is CC#CC(C)PC(C)(CC)CC. The first-order valence-electron chi connectivity index (χ1n) is 4.78. The Kier molecular flexibility index (Phi) is 5.60. The topological polar surface area (TPSA) is 0 Å². The number of hydrogen-bond acceptors (Lipinski definition) is 0. The van der Waals surface area contributed by atoms with Gasteiger partial charge >= 0.3 is 0 Å². The van der Waals surface area contributed by atoms with Gasteiger partial charge in [-0.25, -0.2) is 0 Å². The van der Waals surface area contributed by atoms with E-state index in [1.807, 2.05) is 6.92 Å². The van der Waals surface area contributed by atoms with E-state index in [0.29, 0.717) is 10.8 Å². The smallest absolute Gasteiger partial charge is 0.0350 e. The molecule has 2 unspecified atom stereocenters. The maximum Gasteiger partial charge on any atom is 0.0350 e. The molecule has 0 nitrogen and oxygen atoms in total. The van der Waals surface area contributed by atoms with Gasteiger partial charge in [-0.2, -0.15) is 0 Å². The molecule has 0 aromatic heterocycles. The lowest BCUT2D eigenvalue weighted by Gasteiger charge is -2.28. The molecular weight excluding hydrogens is 163 g/mol. The van der Waals surface area contributed by atoms with Crippen molar-refractivity contribution in [2.75, 3.05) is 0 Å². The van der Waals surface area contributed by atoms with Crippen molar-refractivity contribution in [2.24, 2.45) is 0 Å². The van der Waals surface area contributed by atoms with Gasteiger partial charge in [-0.05, 0) is 31.8 Å². The highest BCUT2D eigenvalue weighted by Gasteiger charge is 2.21. The zero-order chi connectivity index (χ0) is 9.61. The van der Waals surface area contributed by atoms with Gasteiger partial charge in [-0.15, -0.1) is 14.5 Å². The Morgan fingerprint density at radius 3 is 2.17 bits per heavy atom. The molecule has 0 rings (SSSR count). The van der Waals surface area contributed by atoms with Crippen LogP contribution in [0.1, 0.15) is 47.5 Å². The number of hydrogen-bond donors (Lipinski definition) is 0.